The Bertz CT molecular complexity index is 739. The predicted octanol–water partition coefficient (Wildman–Crippen LogP) is 2.68. The molecule has 6 nitrogen and oxygen atoms in total. The normalized spacial score (nSPS) is 15.0. The van der Waals surface area contributed by atoms with Gasteiger partial charge in [0.25, 0.3) is 5.91 Å². The van der Waals surface area contributed by atoms with E-state index in [9.17, 15) is 9.18 Å². The molecule has 0 bridgehead atoms. The lowest BCUT2D eigenvalue weighted by atomic mass is 10.1. The van der Waals surface area contributed by atoms with Crippen LogP contribution in [0.3, 0.4) is 0 Å². The molecule has 3 rings (SSSR count). The summed E-state index contributed by atoms with van der Waals surface area (Å²) in [6.07, 6.45) is 1.51. The lowest BCUT2D eigenvalue weighted by Crippen LogP contribution is -2.43. The third-order valence-electron chi connectivity index (χ3n) is 4.20. The quantitative estimate of drug-likeness (QED) is 0.821. The van der Waals surface area contributed by atoms with Crippen LogP contribution in [0.15, 0.2) is 30.3 Å². The smallest absolute Gasteiger partial charge is 0.260 e. The number of carbonyl (C=O) groups is 1. The molecule has 0 atom stereocenters. The van der Waals surface area contributed by atoms with E-state index in [4.69, 9.17) is 9.47 Å². The Morgan fingerprint density at radius 3 is 2.54 bits per heavy atom. The predicted molar refractivity (Wildman–Crippen MR) is 93.6 cm³/mol. The number of amides is 1. The van der Waals surface area contributed by atoms with Gasteiger partial charge in [-0.2, -0.15) is 4.98 Å². The van der Waals surface area contributed by atoms with Crippen LogP contribution < -0.4 is 9.47 Å². The van der Waals surface area contributed by atoms with Crippen molar-refractivity contribution in [2.45, 2.75) is 32.8 Å². The summed E-state index contributed by atoms with van der Waals surface area (Å²) >= 11 is 0. The summed E-state index contributed by atoms with van der Waals surface area (Å²) in [4.78, 5) is 22.5. The number of rotatable bonds is 5. The van der Waals surface area contributed by atoms with E-state index in [1.54, 1.807) is 4.90 Å². The molecule has 138 valence electrons. The van der Waals surface area contributed by atoms with Gasteiger partial charge in [-0.1, -0.05) is 0 Å². The van der Waals surface area contributed by atoms with E-state index in [1.165, 1.54) is 24.3 Å². The van der Waals surface area contributed by atoms with Gasteiger partial charge >= 0.3 is 0 Å². The maximum absolute atomic E-state index is 12.9. The minimum atomic E-state index is -0.333. The average Bonchev–Trinajstić information content (AvgIpc) is 2.61. The number of benzene rings is 1. The van der Waals surface area contributed by atoms with E-state index in [-0.39, 0.29) is 24.4 Å². The minimum absolute atomic E-state index is 0.0331. The number of likely N-dealkylation sites (tertiary alicyclic amines) is 1. The molecule has 2 heterocycles. The van der Waals surface area contributed by atoms with Crippen molar-refractivity contribution in [1.82, 2.24) is 14.9 Å². The average molecular weight is 359 g/mol. The molecule has 7 heteroatoms. The topological polar surface area (TPSA) is 64.5 Å². The van der Waals surface area contributed by atoms with Gasteiger partial charge in [-0.05, 0) is 38.1 Å². The van der Waals surface area contributed by atoms with Crippen LogP contribution in [0.5, 0.6) is 11.6 Å². The van der Waals surface area contributed by atoms with Crippen LogP contribution in [0.1, 0.15) is 24.4 Å². The van der Waals surface area contributed by atoms with E-state index < -0.39 is 0 Å². The molecule has 0 spiro atoms. The minimum Gasteiger partial charge on any atom is -0.484 e. The number of piperidine rings is 1. The third kappa shape index (κ3) is 4.91. The first-order chi connectivity index (χ1) is 12.5. The number of nitrogens with zero attached hydrogens (tertiary/aromatic N) is 3. The zero-order valence-electron chi connectivity index (χ0n) is 14.9. The molecule has 0 aliphatic carbocycles. The number of aryl methyl sites for hydroxylation is 2. The number of ether oxygens (including phenoxy) is 2. The van der Waals surface area contributed by atoms with Gasteiger partial charge in [-0.3, -0.25) is 4.79 Å². The standard InChI is InChI=1S/C19H22FN3O3/c1-13-11-18(22-14(2)21-13)26-17-7-9-23(10-8-17)19(24)12-25-16-5-3-15(20)4-6-16/h3-6,11,17H,7-10,12H2,1-2H3. The zero-order valence-corrected chi connectivity index (χ0v) is 14.9. The molecule has 26 heavy (non-hydrogen) atoms. The first-order valence-electron chi connectivity index (χ1n) is 8.64. The Labute approximate surface area is 152 Å². The Morgan fingerprint density at radius 1 is 1.19 bits per heavy atom. The molecule has 2 aromatic rings. The van der Waals surface area contributed by atoms with Gasteiger partial charge in [0.2, 0.25) is 5.88 Å². The third-order valence-corrected chi connectivity index (χ3v) is 4.20. The molecule has 1 aromatic carbocycles. The van der Waals surface area contributed by atoms with Crippen molar-refractivity contribution in [3.63, 3.8) is 0 Å². The van der Waals surface area contributed by atoms with Crippen molar-refractivity contribution in [2.24, 2.45) is 0 Å². The molecule has 1 amide bonds. The van der Waals surface area contributed by atoms with Gasteiger partial charge in [0.1, 0.15) is 23.5 Å². The highest BCUT2D eigenvalue weighted by Gasteiger charge is 2.24. The molecule has 1 aliphatic rings. The van der Waals surface area contributed by atoms with Crippen molar-refractivity contribution in [1.29, 1.82) is 0 Å². The summed E-state index contributed by atoms with van der Waals surface area (Å²) in [5.41, 5.74) is 0.873. The maximum atomic E-state index is 12.9. The summed E-state index contributed by atoms with van der Waals surface area (Å²) < 4.78 is 24.2. The van der Waals surface area contributed by atoms with Gasteiger partial charge < -0.3 is 14.4 Å². The molecular weight excluding hydrogens is 337 g/mol. The molecule has 0 N–H and O–H groups in total. The largest absolute Gasteiger partial charge is 0.484 e. The summed E-state index contributed by atoms with van der Waals surface area (Å²) in [6, 6.07) is 7.45. The number of hydrogen-bond donors (Lipinski definition) is 0. The Hall–Kier alpha value is -2.70. The number of aromatic nitrogens is 2. The van der Waals surface area contributed by atoms with Crippen LogP contribution in [0.2, 0.25) is 0 Å². The summed E-state index contributed by atoms with van der Waals surface area (Å²) in [5.74, 6) is 1.33. The highest BCUT2D eigenvalue weighted by atomic mass is 19.1. The van der Waals surface area contributed by atoms with Crippen LogP contribution in [0.25, 0.3) is 0 Å². The fraction of sp³-hybridized carbons (Fsp3) is 0.421. The monoisotopic (exact) mass is 359 g/mol. The Balaban J connectivity index is 1.45. The zero-order chi connectivity index (χ0) is 18.5. The maximum Gasteiger partial charge on any atom is 0.260 e. The Morgan fingerprint density at radius 2 is 1.88 bits per heavy atom. The van der Waals surface area contributed by atoms with Crippen LogP contribution in [-0.2, 0) is 4.79 Å². The van der Waals surface area contributed by atoms with Crippen molar-refractivity contribution in [3.8, 4) is 11.6 Å². The summed E-state index contributed by atoms with van der Waals surface area (Å²) in [6.45, 7) is 4.91. The summed E-state index contributed by atoms with van der Waals surface area (Å²) in [5, 5.41) is 0. The first-order valence-corrected chi connectivity index (χ1v) is 8.64. The summed E-state index contributed by atoms with van der Waals surface area (Å²) in [7, 11) is 0. The van der Waals surface area contributed by atoms with Crippen molar-refractivity contribution < 1.29 is 18.7 Å². The van der Waals surface area contributed by atoms with Gasteiger partial charge in [0.05, 0.1) is 0 Å². The highest BCUT2D eigenvalue weighted by Crippen LogP contribution is 2.18. The number of hydrogen-bond acceptors (Lipinski definition) is 5. The number of halogens is 1. The molecule has 0 unspecified atom stereocenters. The molecule has 1 saturated heterocycles. The van der Waals surface area contributed by atoms with E-state index >= 15 is 0 Å². The number of carbonyl (C=O) groups excluding carboxylic acids is 1. The van der Waals surface area contributed by atoms with E-state index in [0.717, 1.165) is 18.5 Å². The lowest BCUT2D eigenvalue weighted by Gasteiger charge is -2.31. The van der Waals surface area contributed by atoms with Crippen LogP contribution in [0.4, 0.5) is 4.39 Å². The van der Waals surface area contributed by atoms with E-state index in [1.807, 2.05) is 19.9 Å². The molecular formula is C19H22FN3O3. The fourth-order valence-corrected chi connectivity index (χ4v) is 2.90. The van der Waals surface area contributed by atoms with Crippen molar-refractivity contribution >= 4 is 5.91 Å². The Kier molecular flexibility index (Phi) is 5.65. The molecule has 1 fully saturated rings. The highest BCUT2D eigenvalue weighted by molar-refractivity contribution is 5.77. The molecule has 1 aromatic heterocycles. The SMILES string of the molecule is Cc1cc(OC2CCN(C(=O)COc3ccc(F)cc3)CC2)nc(C)n1. The molecule has 0 saturated carbocycles. The fourth-order valence-electron chi connectivity index (χ4n) is 2.90. The molecule has 0 radical (unpaired) electrons. The van der Waals surface area contributed by atoms with Crippen LogP contribution in [-0.4, -0.2) is 46.6 Å². The van der Waals surface area contributed by atoms with E-state index in [0.29, 0.717) is 30.5 Å². The van der Waals surface area contributed by atoms with Crippen LogP contribution >= 0.6 is 0 Å². The van der Waals surface area contributed by atoms with Crippen LogP contribution in [0, 0.1) is 19.7 Å². The second kappa shape index (κ2) is 8.12. The molecule has 1 aliphatic heterocycles. The second-order valence-electron chi connectivity index (χ2n) is 6.34. The van der Waals surface area contributed by atoms with Gasteiger partial charge in [0, 0.05) is 37.7 Å². The van der Waals surface area contributed by atoms with Crippen molar-refractivity contribution in [2.75, 3.05) is 19.7 Å². The van der Waals surface area contributed by atoms with E-state index in [2.05, 4.69) is 9.97 Å². The van der Waals surface area contributed by atoms with Gasteiger partial charge in [0.15, 0.2) is 6.61 Å². The van der Waals surface area contributed by atoms with Gasteiger partial charge in [-0.15, -0.1) is 0 Å². The second-order valence-corrected chi connectivity index (χ2v) is 6.34. The lowest BCUT2D eigenvalue weighted by molar-refractivity contribution is -0.135. The first kappa shape index (κ1) is 18.1. The van der Waals surface area contributed by atoms with Crippen molar-refractivity contribution in [3.05, 3.63) is 47.7 Å². The van der Waals surface area contributed by atoms with Gasteiger partial charge in [-0.25, -0.2) is 9.37 Å².